The molecule has 3 nitrogen and oxygen atoms in total. The maximum absolute atomic E-state index is 5.86. The number of benzene rings is 1. The Morgan fingerprint density at radius 3 is 1.53 bits per heavy atom. The van der Waals surface area contributed by atoms with E-state index in [0.29, 0.717) is 13.2 Å². The molecule has 1 fully saturated rings. The van der Waals surface area contributed by atoms with E-state index in [1.165, 1.54) is 96.3 Å². The Morgan fingerprint density at radius 1 is 0.633 bits per heavy atom. The van der Waals surface area contributed by atoms with Crippen LogP contribution in [-0.4, -0.2) is 19.8 Å². The molecule has 0 N–H and O–H groups in total. The van der Waals surface area contributed by atoms with Crippen molar-refractivity contribution in [3.63, 3.8) is 0 Å². The fourth-order valence-corrected chi connectivity index (χ4v) is 4.11. The van der Waals surface area contributed by atoms with Crippen molar-refractivity contribution in [3.05, 3.63) is 29.8 Å². The molecule has 1 heterocycles. The highest BCUT2D eigenvalue weighted by molar-refractivity contribution is 5.28. The molecule has 0 saturated carbocycles. The van der Waals surface area contributed by atoms with Crippen molar-refractivity contribution in [2.24, 2.45) is 0 Å². The molecule has 1 aliphatic heterocycles. The number of ether oxygens (including phenoxy) is 3. The van der Waals surface area contributed by atoms with Gasteiger partial charge in [-0.15, -0.1) is 0 Å². The van der Waals surface area contributed by atoms with Gasteiger partial charge in [-0.25, -0.2) is 0 Å². The van der Waals surface area contributed by atoms with Gasteiger partial charge in [-0.2, -0.15) is 0 Å². The minimum atomic E-state index is -0.195. The van der Waals surface area contributed by atoms with Crippen LogP contribution in [0.25, 0.3) is 0 Å². The zero-order valence-electron chi connectivity index (χ0n) is 19.5. The summed E-state index contributed by atoms with van der Waals surface area (Å²) in [6.07, 6.45) is 22.2. The second-order valence-electron chi connectivity index (χ2n) is 8.79. The molecule has 1 aromatic rings. The monoisotopic (exact) mass is 418 g/mol. The van der Waals surface area contributed by atoms with E-state index in [1.54, 1.807) is 0 Å². The second kappa shape index (κ2) is 17.6. The SMILES string of the molecule is CCCCCCCCCCCCCCCCCCOc1ccc(C2OCCO2)cc1. The van der Waals surface area contributed by atoms with Crippen LogP contribution in [0.3, 0.4) is 0 Å². The van der Waals surface area contributed by atoms with E-state index in [0.717, 1.165) is 24.3 Å². The van der Waals surface area contributed by atoms with Crippen molar-refractivity contribution in [2.75, 3.05) is 19.8 Å². The number of unbranched alkanes of at least 4 members (excludes halogenated alkanes) is 15. The van der Waals surface area contributed by atoms with Crippen LogP contribution in [0.4, 0.5) is 0 Å². The predicted molar refractivity (Wildman–Crippen MR) is 126 cm³/mol. The highest BCUT2D eigenvalue weighted by atomic mass is 16.7. The summed E-state index contributed by atoms with van der Waals surface area (Å²) < 4.78 is 16.9. The zero-order valence-corrected chi connectivity index (χ0v) is 19.5. The zero-order chi connectivity index (χ0) is 21.1. The second-order valence-corrected chi connectivity index (χ2v) is 8.79. The fourth-order valence-electron chi connectivity index (χ4n) is 4.11. The fraction of sp³-hybridized carbons (Fsp3) is 0.778. The van der Waals surface area contributed by atoms with Gasteiger partial charge in [0.25, 0.3) is 0 Å². The summed E-state index contributed by atoms with van der Waals surface area (Å²) in [4.78, 5) is 0. The smallest absolute Gasteiger partial charge is 0.184 e. The molecular weight excluding hydrogens is 372 g/mol. The van der Waals surface area contributed by atoms with Crippen LogP contribution >= 0.6 is 0 Å². The molecule has 0 bridgehead atoms. The molecule has 172 valence electrons. The van der Waals surface area contributed by atoms with Crippen molar-refractivity contribution >= 4 is 0 Å². The lowest BCUT2D eigenvalue weighted by Crippen LogP contribution is -2.00. The summed E-state index contributed by atoms with van der Waals surface area (Å²) in [7, 11) is 0. The van der Waals surface area contributed by atoms with Gasteiger partial charge < -0.3 is 14.2 Å². The minimum Gasteiger partial charge on any atom is -0.494 e. The van der Waals surface area contributed by atoms with E-state index in [2.05, 4.69) is 6.92 Å². The van der Waals surface area contributed by atoms with Crippen molar-refractivity contribution in [3.8, 4) is 5.75 Å². The first-order valence-corrected chi connectivity index (χ1v) is 12.9. The average Bonchev–Trinajstić information content (AvgIpc) is 3.31. The minimum absolute atomic E-state index is 0.195. The number of rotatable bonds is 19. The van der Waals surface area contributed by atoms with Gasteiger partial charge in [-0.3, -0.25) is 0 Å². The Kier molecular flexibility index (Phi) is 14.8. The van der Waals surface area contributed by atoms with Crippen LogP contribution in [-0.2, 0) is 9.47 Å². The van der Waals surface area contributed by atoms with Gasteiger partial charge in [0, 0.05) is 5.56 Å². The Labute approximate surface area is 185 Å². The van der Waals surface area contributed by atoms with Crippen LogP contribution in [0.2, 0.25) is 0 Å². The standard InChI is InChI=1S/C27H46O3/c1-2-3-4-5-6-7-8-9-10-11-12-13-14-15-16-17-22-28-26-20-18-25(19-21-26)27-29-23-24-30-27/h18-21,27H,2-17,22-24H2,1H3. The molecule has 0 aromatic heterocycles. The molecule has 0 radical (unpaired) electrons. The third-order valence-electron chi connectivity index (χ3n) is 6.04. The molecule has 1 aromatic carbocycles. The molecule has 1 aliphatic rings. The highest BCUT2D eigenvalue weighted by Gasteiger charge is 2.17. The van der Waals surface area contributed by atoms with E-state index >= 15 is 0 Å². The number of hydrogen-bond acceptors (Lipinski definition) is 3. The lowest BCUT2D eigenvalue weighted by atomic mass is 10.0. The van der Waals surface area contributed by atoms with Crippen LogP contribution in [0.15, 0.2) is 24.3 Å². The van der Waals surface area contributed by atoms with Crippen molar-refractivity contribution in [2.45, 2.75) is 116 Å². The van der Waals surface area contributed by atoms with E-state index in [1.807, 2.05) is 24.3 Å². The first-order valence-electron chi connectivity index (χ1n) is 12.9. The van der Waals surface area contributed by atoms with Gasteiger partial charge >= 0.3 is 0 Å². The van der Waals surface area contributed by atoms with Crippen LogP contribution in [0.1, 0.15) is 122 Å². The molecule has 3 heteroatoms. The van der Waals surface area contributed by atoms with E-state index in [-0.39, 0.29) is 6.29 Å². The van der Waals surface area contributed by atoms with Gasteiger partial charge in [-0.1, -0.05) is 115 Å². The molecule has 0 amide bonds. The Hall–Kier alpha value is -1.06. The Bertz CT molecular complexity index is 493. The van der Waals surface area contributed by atoms with Crippen LogP contribution in [0.5, 0.6) is 5.75 Å². The molecule has 0 unspecified atom stereocenters. The summed E-state index contributed by atoms with van der Waals surface area (Å²) in [5.41, 5.74) is 1.07. The van der Waals surface area contributed by atoms with Crippen LogP contribution < -0.4 is 4.74 Å². The van der Waals surface area contributed by atoms with E-state index in [4.69, 9.17) is 14.2 Å². The molecular formula is C27H46O3. The molecule has 2 rings (SSSR count). The van der Waals surface area contributed by atoms with Gasteiger partial charge in [0.2, 0.25) is 0 Å². The Balaban J connectivity index is 1.30. The van der Waals surface area contributed by atoms with E-state index in [9.17, 15) is 0 Å². The first kappa shape index (κ1) is 25.2. The topological polar surface area (TPSA) is 27.7 Å². The third kappa shape index (κ3) is 12.0. The molecule has 1 saturated heterocycles. The van der Waals surface area contributed by atoms with Gasteiger partial charge in [-0.05, 0) is 18.6 Å². The van der Waals surface area contributed by atoms with Gasteiger partial charge in [0.05, 0.1) is 19.8 Å². The summed E-state index contributed by atoms with van der Waals surface area (Å²) in [5.74, 6) is 0.942. The summed E-state index contributed by atoms with van der Waals surface area (Å²) in [6, 6.07) is 8.12. The average molecular weight is 419 g/mol. The number of hydrogen-bond donors (Lipinski definition) is 0. The van der Waals surface area contributed by atoms with Crippen LogP contribution in [0, 0.1) is 0 Å². The predicted octanol–water partition coefficient (Wildman–Crippen LogP) is 8.37. The third-order valence-corrected chi connectivity index (χ3v) is 6.04. The quantitative estimate of drug-likeness (QED) is 0.211. The molecule has 0 aliphatic carbocycles. The summed E-state index contributed by atoms with van der Waals surface area (Å²) >= 11 is 0. The summed E-state index contributed by atoms with van der Waals surface area (Å²) in [6.45, 7) is 4.47. The maximum atomic E-state index is 5.86. The van der Waals surface area contributed by atoms with Crippen molar-refractivity contribution < 1.29 is 14.2 Å². The highest BCUT2D eigenvalue weighted by Crippen LogP contribution is 2.25. The maximum Gasteiger partial charge on any atom is 0.184 e. The molecule has 30 heavy (non-hydrogen) atoms. The lowest BCUT2D eigenvalue weighted by molar-refractivity contribution is -0.0441. The van der Waals surface area contributed by atoms with Crippen molar-refractivity contribution in [1.29, 1.82) is 0 Å². The van der Waals surface area contributed by atoms with E-state index < -0.39 is 0 Å². The molecule has 0 spiro atoms. The Morgan fingerprint density at radius 2 is 1.07 bits per heavy atom. The molecule has 0 atom stereocenters. The summed E-state index contributed by atoms with van der Waals surface area (Å²) in [5, 5.41) is 0. The lowest BCUT2D eigenvalue weighted by Gasteiger charge is -2.11. The van der Waals surface area contributed by atoms with Gasteiger partial charge in [0.15, 0.2) is 6.29 Å². The first-order chi connectivity index (χ1) is 14.9. The normalized spacial score (nSPS) is 14.4. The van der Waals surface area contributed by atoms with Crippen molar-refractivity contribution in [1.82, 2.24) is 0 Å². The van der Waals surface area contributed by atoms with Gasteiger partial charge in [0.1, 0.15) is 5.75 Å². The largest absolute Gasteiger partial charge is 0.494 e.